The van der Waals surface area contributed by atoms with Gasteiger partial charge in [-0.3, -0.25) is 0 Å². The maximum Gasteiger partial charge on any atom is 0.335 e. The van der Waals surface area contributed by atoms with E-state index >= 15 is 0 Å². The molecule has 0 atom stereocenters. The van der Waals surface area contributed by atoms with Crippen molar-refractivity contribution in [2.75, 3.05) is 0 Å². The lowest BCUT2D eigenvalue weighted by Crippen LogP contribution is -2.00. The molecule has 0 saturated carbocycles. The van der Waals surface area contributed by atoms with Crippen LogP contribution in [0.3, 0.4) is 0 Å². The first-order valence-electron chi connectivity index (χ1n) is 7.59. The second-order valence-electron chi connectivity index (χ2n) is 5.78. The molecule has 0 amide bonds. The zero-order valence-electron chi connectivity index (χ0n) is 12.5. The fourth-order valence-electron chi connectivity index (χ4n) is 3.30. The minimum atomic E-state index is -0.901. The number of para-hydroxylation sites is 1. The first kappa shape index (κ1) is 13.6. The van der Waals surface area contributed by atoms with Gasteiger partial charge in [0.25, 0.3) is 0 Å². The molecule has 4 aromatic rings. The number of carboxylic acid groups (broad SMARTS) is 1. The van der Waals surface area contributed by atoms with E-state index in [1.54, 1.807) is 23.9 Å². The lowest BCUT2D eigenvalue weighted by molar-refractivity contribution is 0.0696. The molecule has 0 saturated heterocycles. The quantitative estimate of drug-likeness (QED) is 0.428. The Hall–Kier alpha value is -2.85. The highest BCUT2D eigenvalue weighted by molar-refractivity contribution is 8.00. The van der Waals surface area contributed by atoms with E-state index in [4.69, 9.17) is 4.98 Å². The summed E-state index contributed by atoms with van der Waals surface area (Å²) in [5.41, 5.74) is 4.44. The average Bonchev–Trinajstić information content (AvgIpc) is 2.61. The highest BCUT2D eigenvalue weighted by Crippen LogP contribution is 2.49. The van der Waals surface area contributed by atoms with Gasteiger partial charge in [-0.25, -0.2) is 9.78 Å². The Labute approximate surface area is 142 Å². The Bertz CT molecular complexity index is 1170. The largest absolute Gasteiger partial charge is 0.478 e. The summed E-state index contributed by atoms with van der Waals surface area (Å²) in [5, 5.41) is 11.5. The molecular weight excluding hydrogens is 318 g/mol. The lowest BCUT2D eigenvalue weighted by Gasteiger charge is -2.21. The predicted octanol–water partition coefficient (Wildman–Crippen LogP) is 5.22. The van der Waals surface area contributed by atoms with Crippen molar-refractivity contribution in [2.24, 2.45) is 0 Å². The van der Waals surface area contributed by atoms with Crippen molar-refractivity contribution in [3.05, 3.63) is 66.2 Å². The van der Waals surface area contributed by atoms with E-state index in [1.165, 1.54) is 0 Å². The molecule has 0 aliphatic carbocycles. The number of fused-ring (bicyclic) bond motifs is 4. The normalized spacial score (nSPS) is 12.3. The molecule has 0 unspecified atom stereocenters. The van der Waals surface area contributed by atoms with Gasteiger partial charge in [0, 0.05) is 20.6 Å². The zero-order valence-corrected chi connectivity index (χ0v) is 13.3. The van der Waals surface area contributed by atoms with Gasteiger partial charge in [0.05, 0.1) is 16.6 Å². The van der Waals surface area contributed by atoms with Crippen LogP contribution in [0.2, 0.25) is 0 Å². The topological polar surface area (TPSA) is 50.2 Å². The molecule has 3 nitrogen and oxygen atoms in total. The predicted molar refractivity (Wildman–Crippen MR) is 95.8 cm³/mol. The third-order valence-electron chi connectivity index (χ3n) is 4.39. The molecule has 1 aliphatic rings. The smallest absolute Gasteiger partial charge is 0.335 e. The monoisotopic (exact) mass is 329 g/mol. The Morgan fingerprint density at radius 1 is 0.917 bits per heavy atom. The lowest BCUT2D eigenvalue weighted by atomic mass is 9.97. The number of rotatable bonds is 1. The molecular formula is C20H11NO2S. The van der Waals surface area contributed by atoms with E-state index in [1.807, 2.05) is 36.4 Å². The summed E-state index contributed by atoms with van der Waals surface area (Å²) in [4.78, 5) is 18.2. The SMILES string of the molecule is O=C(O)c1ccc2c(c1)Sc1c3ccccc3nc3cccc-2c13. The number of nitrogens with zero attached hydrogens (tertiary/aromatic N) is 1. The summed E-state index contributed by atoms with van der Waals surface area (Å²) in [6, 6.07) is 19.5. The summed E-state index contributed by atoms with van der Waals surface area (Å²) >= 11 is 1.63. The summed E-state index contributed by atoms with van der Waals surface area (Å²) in [7, 11) is 0. The number of benzene rings is 3. The number of pyridine rings is 1. The van der Waals surface area contributed by atoms with Crippen LogP contribution in [0.25, 0.3) is 32.9 Å². The maximum absolute atomic E-state index is 11.3. The molecule has 1 N–H and O–H groups in total. The average molecular weight is 329 g/mol. The van der Waals surface area contributed by atoms with Crippen LogP contribution in [-0.2, 0) is 0 Å². The van der Waals surface area contributed by atoms with Crippen LogP contribution < -0.4 is 0 Å². The third kappa shape index (κ3) is 1.80. The van der Waals surface area contributed by atoms with Crippen LogP contribution in [0.4, 0.5) is 0 Å². The van der Waals surface area contributed by atoms with Gasteiger partial charge >= 0.3 is 5.97 Å². The third-order valence-corrected chi connectivity index (χ3v) is 5.58. The summed E-state index contributed by atoms with van der Waals surface area (Å²) in [6.07, 6.45) is 0. The molecule has 0 fully saturated rings. The fraction of sp³-hybridized carbons (Fsp3) is 0. The van der Waals surface area contributed by atoms with Gasteiger partial charge in [0.2, 0.25) is 0 Å². The van der Waals surface area contributed by atoms with Crippen molar-refractivity contribution in [3.63, 3.8) is 0 Å². The van der Waals surface area contributed by atoms with E-state index in [0.29, 0.717) is 5.56 Å². The van der Waals surface area contributed by atoms with Crippen LogP contribution in [0.15, 0.2) is 70.5 Å². The van der Waals surface area contributed by atoms with Crippen LogP contribution >= 0.6 is 11.8 Å². The molecule has 1 aliphatic heterocycles. The van der Waals surface area contributed by atoms with E-state index in [2.05, 4.69) is 12.1 Å². The van der Waals surface area contributed by atoms with E-state index in [-0.39, 0.29) is 0 Å². The highest BCUT2D eigenvalue weighted by Gasteiger charge is 2.22. The molecule has 24 heavy (non-hydrogen) atoms. The number of aromatic carboxylic acids is 1. The highest BCUT2D eigenvalue weighted by atomic mass is 32.2. The number of hydrogen-bond donors (Lipinski definition) is 1. The van der Waals surface area contributed by atoms with E-state index in [9.17, 15) is 9.90 Å². The van der Waals surface area contributed by atoms with Gasteiger partial charge in [-0.2, -0.15) is 0 Å². The number of hydrogen-bond acceptors (Lipinski definition) is 3. The molecule has 5 rings (SSSR count). The van der Waals surface area contributed by atoms with Gasteiger partial charge < -0.3 is 5.11 Å². The number of carboxylic acids is 1. The second kappa shape index (κ2) is 4.82. The summed E-state index contributed by atoms with van der Waals surface area (Å²) in [6.45, 7) is 0. The molecule has 0 bridgehead atoms. The van der Waals surface area contributed by atoms with Crippen LogP contribution in [0, 0.1) is 0 Å². The number of carbonyl (C=O) groups is 1. The Kier molecular flexibility index (Phi) is 2.73. The Balaban J connectivity index is 1.93. The molecule has 4 heteroatoms. The van der Waals surface area contributed by atoms with Crippen molar-refractivity contribution in [2.45, 2.75) is 9.79 Å². The summed E-state index contributed by atoms with van der Waals surface area (Å²) in [5.74, 6) is -0.901. The molecule has 2 heterocycles. The van der Waals surface area contributed by atoms with Gasteiger partial charge in [0.1, 0.15) is 0 Å². The zero-order chi connectivity index (χ0) is 16.3. The maximum atomic E-state index is 11.3. The van der Waals surface area contributed by atoms with Crippen molar-refractivity contribution >= 4 is 39.5 Å². The van der Waals surface area contributed by atoms with E-state index in [0.717, 1.165) is 42.7 Å². The molecule has 1 aromatic heterocycles. The van der Waals surface area contributed by atoms with Crippen molar-refractivity contribution in [1.82, 2.24) is 4.98 Å². The second-order valence-corrected chi connectivity index (χ2v) is 6.83. The Morgan fingerprint density at radius 3 is 2.62 bits per heavy atom. The van der Waals surface area contributed by atoms with Crippen molar-refractivity contribution in [1.29, 1.82) is 0 Å². The first-order chi connectivity index (χ1) is 11.7. The Morgan fingerprint density at radius 2 is 1.75 bits per heavy atom. The van der Waals surface area contributed by atoms with Crippen LogP contribution in [0.1, 0.15) is 10.4 Å². The molecule has 0 radical (unpaired) electrons. The number of aromatic nitrogens is 1. The van der Waals surface area contributed by atoms with Gasteiger partial charge in [-0.1, -0.05) is 48.2 Å². The molecule has 3 aromatic carbocycles. The van der Waals surface area contributed by atoms with E-state index < -0.39 is 5.97 Å². The van der Waals surface area contributed by atoms with Gasteiger partial charge in [-0.05, 0) is 35.4 Å². The summed E-state index contributed by atoms with van der Waals surface area (Å²) < 4.78 is 0. The van der Waals surface area contributed by atoms with Crippen molar-refractivity contribution in [3.8, 4) is 11.1 Å². The molecule has 0 spiro atoms. The molecule has 114 valence electrons. The minimum Gasteiger partial charge on any atom is -0.478 e. The van der Waals surface area contributed by atoms with Crippen LogP contribution in [-0.4, -0.2) is 16.1 Å². The van der Waals surface area contributed by atoms with Crippen molar-refractivity contribution < 1.29 is 9.90 Å². The fourth-order valence-corrected chi connectivity index (χ4v) is 4.60. The van der Waals surface area contributed by atoms with Gasteiger partial charge in [-0.15, -0.1) is 0 Å². The van der Waals surface area contributed by atoms with Gasteiger partial charge in [0.15, 0.2) is 0 Å². The van der Waals surface area contributed by atoms with Crippen LogP contribution in [0.5, 0.6) is 0 Å². The minimum absolute atomic E-state index is 0.315. The first-order valence-corrected chi connectivity index (χ1v) is 8.41. The standard InChI is InChI=1S/C20H11NO2S/c22-20(23)11-8-9-12-13-5-3-7-16-18(13)19(24-17(12)10-11)14-4-1-2-6-15(14)21-16/h1-10H,(H,22,23).